The lowest BCUT2D eigenvalue weighted by atomic mass is 10.1. The first kappa shape index (κ1) is 21.2. The second-order valence-electron chi connectivity index (χ2n) is 7.98. The average Bonchev–Trinajstić information content (AvgIpc) is 3.32. The summed E-state index contributed by atoms with van der Waals surface area (Å²) in [6, 6.07) is 20.7. The Labute approximate surface area is 197 Å². The highest BCUT2D eigenvalue weighted by atomic mass is 35.5. The van der Waals surface area contributed by atoms with Gasteiger partial charge in [-0.15, -0.1) is 0 Å². The van der Waals surface area contributed by atoms with Crippen molar-refractivity contribution in [3.63, 3.8) is 0 Å². The molecule has 166 valence electrons. The zero-order valence-corrected chi connectivity index (χ0v) is 18.7. The lowest BCUT2D eigenvalue weighted by Crippen LogP contribution is -2.48. The van der Waals surface area contributed by atoms with E-state index in [4.69, 9.17) is 16.7 Å². The fourth-order valence-electron chi connectivity index (χ4n) is 4.06. The van der Waals surface area contributed by atoms with E-state index in [2.05, 4.69) is 20.2 Å². The molecule has 0 aliphatic carbocycles. The van der Waals surface area contributed by atoms with Crippen LogP contribution in [0.4, 0.5) is 5.95 Å². The van der Waals surface area contributed by atoms with Crippen molar-refractivity contribution in [3.05, 3.63) is 89.8 Å². The third-order valence-electron chi connectivity index (χ3n) is 5.67. The summed E-state index contributed by atoms with van der Waals surface area (Å²) in [5.41, 5.74) is 2.92. The number of nitrogens with zero attached hydrogens (tertiary/aromatic N) is 5. The van der Waals surface area contributed by atoms with Crippen LogP contribution in [0.15, 0.2) is 79.1 Å². The van der Waals surface area contributed by atoms with Crippen molar-refractivity contribution in [3.8, 4) is 16.9 Å². The molecule has 0 saturated carbocycles. The van der Waals surface area contributed by atoms with Gasteiger partial charge in [-0.1, -0.05) is 41.9 Å². The van der Waals surface area contributed by atoms with Crippen LogP contribution in [0.1, 0.15) is 23.3 Å². The van der Waals surface area contributed by atoms with Gasteiger partial charge in [-0.05, 0) is 49.2 Å². The van der Waals surface area contributed by atoms with Crippen LogP contribution in [-0.2, 0) is 0 Å². The molecule has 0 bridgehead atoms. The quantitative estimate of drug-likeness (QED) is 0.480. The molecule has 1 N–H and O–H groups in total. The molecule has 1 aliphatic rings. The largest absolute Gasteiger partial charge is 0.346 e. The Hall–Kier alpha value is -3.71. The van der Waals surface area contributed by atoms with E-state index in [1.807, 2.05) is 60.7 Å². The molecule has 0 spiro atoms. The first-order chi connectivity index (χ1) is 16.2. The predicted molar refractivity (Wildman–Crippen MR) is 129 cm³/mol. The molecular weight excluding hydrogens is 436 g/mol. The minimum Gasteiger partial charge on any atom is -0.346 e. The summed E-state index contributed by atoms with van der Waals surface area (Å²) in [6.07, 6.45) is 5.33. The van der Waals surface area contributed by atoms with Gasteiger partial charge in [-0.25, -0.2) is 14.6 Å². The maximum Gasteiger partial charge on any atom is 0.270 e. The highest BCUT2D eigenvalue weighted by Gasteiger charge is 2.25. The molecule has 0 radical (unpaired) electrons. The Morgan fingerprint density at radius 3 is 2.52 bits per heavy atom. The first-order valence-corrected chi connectivity index (χ1v) is 11.3. The van der Waals surface area contributed by atoms with Crippen molar-refractivity contribution in [2.45, 2.75) is 18.9 Å². The van der Waals surface area contributed by atoms with Crippen LogP contribution in [0.3, 0.4) is 0 Å². The van der Waals surface area contributed by atoms with Crippen molar-refractivity contribution in [1.29, 1.82) is 0 Å². The normalized spacial score (nSPS) is 15.9. The van der Waals surface area contributed by atoms with Crippen LogP contribution in [0.5, 0.6) is 0 Å². The molecule has 1 amide bonds. The topological polar surface area (TPSA) is 75.9 Å². The molecule has 3 heterocycles. The fourth-order valence-corrected chi connectivity index (χ4v) is 4.19. The molecule has 33 heavy (non-hydrogen) atoms. The summed E-state index contributed by atoms with van der Waals surface area (Å²) in [5, 5.41) is 8.60. The SMILES string of the molecule is O=C(NC1CCCN(c2ncccn2)C1)c1cc(-c2ccc(Cl)cc2)nn1-c1ccccc1. The van der Waals surface area contributed by atoms with Gasteiger partial charge < -0.3 is 10.2 Å². The lowest BCUT2D eigenvalue weighted by molar-refractivity contribution is 0.0925. The molecule has 8 heteroatoms. The second-order valence-corrected chi connectivity index (χ2v) is 8.41. The van der Waals surface area contributed by atoms with Crippen molar-refractivity contribution in [2.75, 3.05) is 18.0 Å². The van der Waals surface area contributed by atoms with Crippen LogP contribution in [0.2, 0.25) is 5.02 Å². The molecule has 1 unspecified atom stereocenters. The van der Waals surface area contributed by atoms with E-state index in [0.717, 1.165) is 30.6 Å². The van der Waals surface area contributed by atoms with Gasteiger partial charge in [0, 0.05) is 42.1 Å². The zero-order valence-electron chi connectivity index (χ0n) is 17.9. The van der Waals surface area contributed by atoms with Crippen LogP contribution in [-0.4, -0.2) is 44.8 Å². The number of benzene rings is 2. The number of para-hydroxylation sites is 1. The second kappa shape index (κ2) is 9.42. The number of rotatable bonds is 5. The number of carbonyl (C=O) groups excluding carboxylic acids is 1. The minimum absolute atomic E-state index is 0.00633. The van der Waals surface area contributed by atoms with Gasteiger partial charge in [0.1, 0.15) is 5.69 Å². The summed E-state index contributed by atoms with van der Waals surface area (Å²) in [5.74, 6) is 0.531. The molecule has 1 saturated heterocycles. The Kier molecular flexibility index (Phi) is 6.04. The van der Waals surface area contributed by atoms with E-state index < -0.39 is 0 Å². The smallest absolute Gasteiger partial charge is 0.270 e. The van der Waals surface area contributed by atoms with Crippen molar-refractivity contribution in [1.82, 2.24) is 25.1 Å². The van der Waals surface area contributed by atoms with Gasteiger partial charge in [0.25, 0.3) is 5.91 Å². The summed E-state index contributed by atoms with van der Waals surface area (Å²) < 4.78 is 1.69. The van der Waals surface area contributed by atoms with Gasteiger partial charge >= 0.3 is 0 Å². The summed E-state index contributed by atoms with van der Waals surface area (Å²) in [7, 11) is 0. The number of piperidine rings is 1. The first-order valence-electron chi connectivity index (χ1n) is 10.9. The van der Waals surface area contributed by atoms with E-state index in [0.29, 0.717) is 28.9 Å². The number of carbonyl (C=O) groups is 1. The summed E-state index contributed by atoms with van der Waals surface area (Å²) in [4.78, 5) is 24.2. The monoisotopic (exact) mass is 458 g/mol. The highest BCUT2D eigenvalue weighted by molar-refractivity contribution is 6.30. The van der Waals surface area contributed by atoms with Crippen LogP contribution in [0.25, 0.3) is 16.9 Å². The van der Waals surface area contributed by atoms with Crippen LogP contribution in [0, 0.1) is 0 Å². The van der Waals surface area contributed by atoms with E-state index in [-0.39, 0.29) is 11.9 Å². The Morgan fingerprint density at radius 2 is 1.76 bits per heavy atom. The molecule has 1 atom stereocenters. The molecule has 1 fully saturated rings. The van der Waals surface area contributed by atoms with Gasteiger partial charge in [0.05, 0.1) is 11.4 Å². The zero-order chi connectivity index (χ0) is 22.6. The van der Waals surface area contributed by atoms with Gasteiger partial charge in [-0.3, -0.25) is 4.79 Å². The number of nitrogens with one attached hydrogen (secondary N) is 1. The summed E-state index contributed by atoms with van der Waals surface area (Å²) in [6.45, 7) is 1.54. The van der Waals surface area contributed by atoms with Gasteiger partial charge in [0.2, 0.25) is 5.95 Å². The number of halogens is 1. The Bertz CT molecular complexity index is 1230. The summed E-state index contributed by atoms with van der Waals surface area (Å²) >= 11 is 6.04. The van der Waals surface area contributed by atoms with E-state index in [9.17, 15) is 4.79 Å². The van der Waals surface area contributed by atoms with Crippen LogP contribution < -0.4 is 10.2 Å². The van der Waals surface area contributed by atoms with E-state index >= 15 is 0 Å². The minimum atomic E-state index is -0.160. The van der Waals surface area contributed by atoms with Crippen LogP contribution >= 0.6 is 11.6 Å². The van der Waals surface area contributed by atoms with E-state index in [1.165, 1.54) is 0 Å². The number of hydrogen-bond acceptors (Lipinski definition) is 5. The number of amides is 1. The van der Waals surface area contributed by atoms with E-state index in [1.54, 1.807) is 23.1 Å². The molecule has 4 aromatic rings. The Morgan fingerprint density at radius 1 is 1.00 bits per heavy atom. The van der Waals surface area contributed by atoms with Crippen molar-refractivity contribution in [2.24, 2.45) is 0 Å². The van der Waals surface area contributed by atoms with Crippen molar-refractivity contribution >= 4 is 23.5 Å². The standard InChI is InChI=1S/C25H23ClN6O/c26-19-11-9-18(10-12-19)22-16-23(32(30-22)21-7-2-1-3-8-21)24(33)29-20-6-4-15-31(17-20)25-27-13-5-14-28-25/h1-3,5,7-14,16,20H,4,6,15,17H2,(H,29,33). The molecule has 7 nitrogen and oxygen atoms in total. The molecule has 5 rings (SSSR count). The average molecular weight is 459 g/mol. The maximum atomic E-state index is 13.4. The van der Waals surface area contributed by atoms with Gasteiger partial charge in [0.15, 0.2) is 0 Å². The Balaban J connectivity index is 1.41. The number of anilines is 1. The van der Waals surface area contributed by atoms with Crippen molar-refractivity contribution < 1.29 is 4.79 Å². The third-order valence-corrected chi connectivity index (χ3v) is 5.93. The fraction of sp³-hybridized carbons (Fsp3) is 0.200. The molecular formula is C25H23ClN6O. The molecule has 2 aromatic heterocycles. The highest BCUT2D eigenvalue weighted by Crippen LogP contribution is 2.24. The molecule has 1 aliphatic heterocycles. The third kappa shape index (κ3) is 4.73. The number of hydrogen-bond donors (Lipinski definition) is 1. The maximum absolute atomic E-state index is 13.4. The van der Waals surface area contributed by atoms with Gasteiger partial charge in [-0.2, -0.15) is 5.10 Å². The number of aromatic nitrogens is 4. The lowest BCUT2D eigenvalue weighted by Gasteiger charge is -2.33. The predicted octanol–water partition coefficient (Wildman–Crippen LogP) is 4.38. The molecule has 2 aromatic carbocycles.